The van der Waals surface area contributed by atoms with E-state index in [1.807, 2.05) is 36.9 Å². The van der Waals surface area contributed by atoms with Gasteiger partial charge in [0.2, 0.25) is 11.8 Å². The fraction of sp³-hybridized carbons (Fsp3) is 0.421. The fourth-order valence-electron chi connectivity index (χ4n) is 3.04. The lowest BCUT2D eigenvalue weighted by atomic mass is 10.0. The van der Waals surface area contributed by atoms with E-state index in [9.17, 15) is 4.79 Å². The second-order valence-corrected chi connectivity index (χ2v) is 6.31. The van der Waals surface area contributed by atoms with Crippen LogP contribution in [0, 0.1) is 13.8 Å². The molecule has 0 aliphatic carbocycles. The Morgan fingerprint density at radius 2 is 2.07 bits per heavy atom. The van der Waals surface area contributed by atoms with Crippen molar-refractivity contribution in [3.63, 3.8) is 0 Å². The van der Waals surface area contributed by atoms with E-state index in [1.165, 1.54) is 5.56 Å². The number of nitrogens with one attached hydrogen (secondary N) is 2. The van der Waals surface area contributed by atoms with Crippen molar-refractivity contribution in [2.75, 3.05) is 25.0 Å². The maximum absolute atomic E-state index is 12.7. The lowest BCUT2D eigenvalue weighted by Crippen LogP contribution is -2.45. The zero-order chi connectivity index (χ0) is 18.5. The molecule has 1 aromatic heterocycles. The highest BCUT2D eigenvalue weighted by molar-refractivity contribution is 14.0. The Labute approximate surface area is 176 Å². The Morgan fingerprint density at radius 1 is 1.30 bits per heavy atom. The Kier molecular flexibility index (Phi) is 7.64. The summed E-state index contributed by atoms with van der Waals surface area (Å²) in [7, 11) is 1.67. The number of amides is 1. The van der Waals surface area contributed by atoms with Crippen molar-refractivity contribution >= 4 is 41.5 Å². The molecule has 2 N–H and O–H groups in total. The summed E-state index contributed by atoms with van der Waals surface area (Å²) in [6.45, 7) is 5.13. The molecule has 7 nitrogen and oxygen atoms in total. The van der Waals surface area contributed by atoms with Gasteiger partial charge < -0.3 is 20.0 Å². The molecule has 1 aliphatic heterocycles. The molecular weight excluding hydrogens is 457 g/mol. The number of fused-ring (bicyclic) bond motifs is 1. The summed E-state index contributed by atoms with van der Waals surface area (Å²) < 4.78 is 5.54. The van der Waals surface area contributed by atoms with Gasteiger partial charge in [-0.05, 0) is 38.3 Å². The smallest absolute Gasteiger partial charge is 0.246 e. The number of rotatable bonds is 4. The van der Waals surface area contributed by atoms with Gasteiger partial charge in [-0.2, -0.15) is 0 Å². The summed E-state index contributed by atoms with van der Waals surface area (Å²) in [6, 6.07) is 8.08. The Bertz CT molecular complexity index is 799. The highest BCUT2D eigenvalue weighted by Gasteiger charge is 2.22. The second kappa shape index (κ2) is 9.72. The van der Waals surface area contributed by atoms with Gasteiger partial charge in [0.05, 0.1) is 18.8 Å². The standard InChI is InChI=1S/C19H25N5O2.HI/c1-13-14(2)26-17(23-13)11-21-19(20-3)22-12-18(25)24-10-6-8-15-7-4-5-9-16(15)24;/h4-5,7,9H,6,8,10-12H2,1-3H3,(H2,20,21,22);1H. The minimum atomic E-state index is 0. The zero-order valence-corrected chi connectivity index (χ0v) is 18.2. The minimum Gasteiger partial charge on any atom is -0.444 e. The second-order valence-electron chi connectivity index (χ2n) is 6.31. The maximum Gasteiger partial charge on any atom is 0.246 e. The molecule has 0 spiro atoms. The fourth-order valence-corrected chi connectivity index (χ4v) is 3.04. The summed E-state index contributed by atoms with van der Waals surface area (Å²) in [6.07, 6.45) is 2.00. The lowest BCUT2D eigenvalue weighted by molar-refractivity contribution is -0.117. The first-order chi connectivity index (χ1) is 12.6. The predicted octanol–water partition coefficient (Wildman–Crippen LogP) is 2.55. The quantitative estimate of drug-likeness (QED) is 0.397. The van der Waals surface area contributed by atoms with Crippen LogP contribution in [0.2, 0.25) is 0 Å². The molecule has 0 atom stereocenters. The van der Waals surface area contributed by atoms with E-state index in [0.29, 0.717) is 18.4 Å². The first kappa shape index (κ1) is 21.2. The van der Waals surface area contributed by atoms with Crippen molar-refractivity contribution in [2.45, 2.75) is 33.2 Å². The predicted molar refractivity (Wildman–Crippen MR) is 117 cm³/mol. The number of aromatic nitrogens is 1. The third kappa shape index (κ3) is 5.21. The van der Waals surface area contributed by atoms with Gasteiger partial charge in [-0.25, -0.2) is 4.98 Å². The van der Waals surface area contributed by atoms with Crippen molar-refractivity contribution < 1.29 is 9.21 Å². The summed E-state index contributed by atoms with van der Waals surface area (Å²) in [5.74, 6) is 1.97. The largest absolute Gasteiger partial charge is 0.444 e. The van der Waals surface area contributed by atoms with E-state index in [4.69, 9.17) is 4.42 Å². The minimum absolute atomic E-state index is 0. The number of carbonyl (C=O) groups excluding carboxylic acids is 1. The number of carbonyl (C=O) groups is 1. The lowest BCUT2D eigenvalue weighted by Gasteiger charge is -2.29. The SMILES string of the molecule is CN=C(NCC(=O)N1CCCc2ccccc21)NCc1nc(C)c(C)o1.I. The molecule has 27 heavy (non-hydrogen) atoms. The van der Waals surface area contributed by atoms with Crippen LogP contribution in [0.4, 0.5) is 5.69 Å². The van der Waals surface area contributed by atoms with Crippen LogP contribution < -0.4 is 15.5 Å². The first-order valence-electron chi connectivity index (χ1n) is 8.84. The molecule has 2 heterocycles. The van der Waals surface area contributed by atoms with Crippen molar-refractivity contribution in [1.82, 2.24) is 15.6 Å². The number of hydrogen-bond donors (Lipinski definition) is 2. The molecule has 146 valence electrons. The van der Waals surface area contributed by atoms with Crippen LogP contribution in [0.1, 0.15) is 29.3 Å². The number of aryl methyl sites for hydroxylation is 3. The molecule has 8 heteroatoms. The molecule has 0 radical (unpaired) electrons. The van der Waals surface area contributed by atoms with Crippen molar-refractivity contribution in [2.24, 2.45) is 4.99 Å². The average Bonchev–Trinajstić information content (AvgIpc) is 2.99. The van der Waals surface area contributed by atoms with Crippen LogP contribution in [0.25, 0.3) is 0 Å². The molecular formula is C19H26IN5O2. The third-order valence-electron chi connectivity index (χ3n) is 4.52. The summed E-state index contributed by atoms with van der Waals surface area (Å²) in [5, 5.41) is 6.18. The first-order valence-corrected chi connectivity index (χ1v) is 8.84. The van der Waals surface area contributed by atoms with Crippen LogP contribution in [-0.2, 0) is 17.8 Å². The number of hydrogen-bond acceptors (Lipinski definition) is 4. The monoisotopic (exact) mass is 483 g/mol. The molecule has 0 fully saturated rings. The molecule has 2 aromatic rings. The number of aliphatic imine (C=N–C) groups is 1. The number of benzene rings is 1. The topological polar surface area (TPSA) is 82.8 Å². The van der Waals surface area contributed by atoms with E-state index >= 15 is 0 Å². The van der Waals surface area contributed by atoms with Gasteiger partial charge in [0.1, 0.15) is 5.76 Å². The average molecular weight is 483 g/mol. The number of anilines is 1. The van der Waals surface area contributed by atoms with Gasteiger partial charge in [0.25, 0.3) is 0 Å². The summed E-state index contributed by atoms with van der Waals surface area (Å²) >= 11 is 0. The third-order valence-corrected chi connectivity index (χ3v) is 4.52. The van der Waals surface area contributed by atoms with Gasteiger partial charge in [-0.1, -0.05) is 18.2 Å². The number of oxazole rings is 1. The van der Waals surface area contributed by atoms with Crippen LogP contribution in [-0.4, -0.2) is 37.0 Å². The van der Waals surface area contributed by atoms with Crippen LogP contribution in [0.3, 0.4) is 0 Å². The molecule has 3 rings (SSSR count). The van der Waals surface area contributed by atoms with Crippen molar-refractivity contribution in [3.8, 4) is 0 Å². The highest BCUT2D eigenvalue weighted by atomic mass is 127. The summed E-state index contributed by atoms with van der Waals surface area (Å²) in [5.41, 5.74) is 3.12. The zero-order valence-electron chi connectivity index (χ0n) is 15.9. The van der Waals surface area contributed by atoms with E-state index in [1.54, 1.807) is 7.05 Å². The highest BCUT2D eigenvalue weighted by Crippen LogP contribution is 2.26. The van der Waals surface area contributed by atoms with Crippen LogP contribution in [0.15, 0.2) is 33.7 Å². The van der Waals surface area contributed by atoms with Gasteiger partial charge in [0.15, 0.2) is 5.96 Å². The maximum atomic E-state index is 12.7. The molecule has 0 saturated heterocycles. The van der Waals surface area contributed by atoms with E-state index in [0.717, 1.165) is 36.5 Å². The molecule has 1 aromatic carbocycles. The Balaban J connectivity index is 0.00000261. The Hall–Kier alpha value is -2.10. The van der Waals surface area contributed by atoms with Crippen molar-refractivity contribution in [3.05, 3.63) is 47.2 Å². The molecule has 0 bridgehead atoms. The molecule has 1 aliphatic rings. The van der Waals surface area contributed by atoms with E-state index in [-0.39, 0.29) is 36.4 Å². The van der Waals surface area contributed by atoms with E-state index in [2.05, 4.69) is 26.7 Å². The molecule has 0 saturated carbocycles. The van der Waals surface area contributed by atoms with Gasteiger partial charge in [-0.3, -0.25) is 9.79 Å². The number of nitrogens with zero attached hydrogens (tertiary/aromatic N) is 3. The molecule has 0 unspecified atom stereocenters. The van der Waals surface area contributed by atoms with Crippen molar-refractivity contribution in [1.29, 1.82) is 0 Å². The summed E-state index contributed by atoms with van der Waals surface area (Å²) in [4.78, 5) is 23.0. The van der Waals surface area contributed by atoms with Crippen LogP contribution >= 0.6 is 24.0 Å². The van der Waals surface area contributed by atoms with Gasteiger partial charge in [-0.15, -0.1) is 24.0 Å². The van der Waals surface area contributed by atoms with E-state index < -0.39 is 0 Å². The van der Waals surface area contributed by atoms with Gasteiger partial charge in [0, 0.05) is 19.3 Å². The van der Waals surface area contributed by atoms with Gasteiger partial charge >= 0.3 is 0 Å². The number of halogens is 1. The number of guanidine groups is 1. The van der Waals surface area contributed by atoms with Crippen LogP contribution in [0.5, 0.6) is 0 Å². The Morgan fingerprint density at radius 3 is 2.78 bits per heavy atom. The normalized spacial score (nSPS) is 13.6. The number of para-hydroxylation sites is 1. The molecule has 1 amide bonds.